The summed E-state index contributed by atoms with van der Waals surface area (Å²) in [5.74, 6) is -1.03. The van der Waals surface area contributed by atoms with Gasteiger partial charge in [0.25, 0.3) is 5.91 Å². The van der Waals surface area contributed by atoms with Gasteiger partial charge in [0.1, 0.15) is 29.0 Å². The number of fused-ring (bicyclic) bond motifs is 1. The highest BCUT2D eigenvalue weighted by atomic mass is 35.5. The maximum absolute atomic E-state index is 14.1. The Morgan fingerprint density at radius 1 is 1.24 bits per heavy atom. The molecule has 1 amide bonds. The van der Waals surface area contributed by atoms with E-state index in [-0.39, 0.29) is 42.3 Å². The van der Waals surface area contributed by atoms with Gasteiger partial charge in [-0.1, -0.05) is 23.7 Å². The second-order valence-electron chi connectivity index (χ2n) is 8.42. The summed E-state index contributed by atoms with van der Waals surface area (Å²) in [6, 6.07) is 14.8. The fraction of sp³-hybridized carbons (Fsp3) is 0.200. The number of pyridine rings is 1. The minimum atomic E-state index is -4.14. The summed E-state index contributed by atoms with van der Waals surface area (Å²) < 4.78 is 54.3. The van der Waals surface area contributed by atoms with Crippen LogP contribution >= 0.6 is 11.6 Å². The predicted molar refractivity (Wildman–Crippen MR) is 135 cm³/mol. The Morgan fingerprint density at radius 2 is 2.08 bits per heavy atom. The normalized spacial score (nSPS) is 16.6. The smallest absolute Gasteiger partial charge is 0.266 e. The summed E-state index contributed by atoms with van der Waals surface area (Å²) in [7, 11) is -4.14. The lowest BCUT2D eigenvalue weighted by Crippen LogP contribution is -2.47. The van der Waals surface area contributed by atoms with Crippen LogP contribution in [0.25, 0.3) is 22.0 Å². The molecule has 1 fully saturated rings. The molecule has 37 heavy (non-hydrogen) atoms. The van der Waals surface area contributed by atoms with Crippen molar-refractivity contribution < 1.29 is 27.1 Å². The quantitative estimate of drug-likeness (QED) is 0.342. The number of rotatable bonds is 7. The molecule has 2 aromatic heterocycles. The first-order chi connectivity index (χ1) is 17.7. The zero-order chi connectivity index (χ0) is 26.2. The van der Waals surface area contributed by atoms with E-state index in [0.717, 1.165) is 0 Å². The summed E-state index contributed by atoms with van der Waals surface area (Å²) in [5.41, 5.74) is 6.63. The van der Waals surface area contributed by atoms with Crippen LogP contribution in [-0.4, -0.2) is 61.0 Å². The number of hydrogen-bond donors (Lipinski definition) is 2. The van der Waals surface area contributed by atoms with E-state index in [1.165, 1.54) is 16.6 Å². The van der Waals surface area contributed by atoms with Crippen LogP contribution in [0.3, 0.4) is 0 Å². The summed E-state index contributed by atoms with van der Waals surface area (Å²) in [6.45, 7) is 0.251. The minimum Gasteiger partial charge on any atom is -0.491 e. The first-order valence-corrected chi connectivity index (χ1v) is 13.1. The van der Waals surface area contributed by atoms with Gasteiger partial charge in [-0.25, -0.2) is 13.4 Å². The second-order valence-corrected chi connectivity index (χ2v) is 10.7. The lowest BCUT2D eigenvalue weighted by Gasteiger charge is -2.32. The van der Waals surface area contributed by atoms with E-state index in [1.54, 1.807) is 48.5 Å². The van der Waals surface area contributed by atoms with E-state index in [1.807, 2.05) is 0 Å². The molecule has 2 aromatic carbocycles. The SMILES string of the molecule is NC(=O)c1[nH]c2ccc(Cl)cc2c1S(=O)(=O)N1CCO[C@H](COc2cccc(-c3cccnc3F)c2)C1. The fourth-order valence-electron chi connectivity index (χ4n) is 4.27. The zero-order valence-electron chi connectivity index (χ0n) is 19.4. The molecule has 192 valence electrons. The van der Waals surface area contributed by atoms with Gasteiger partial charge in [-0.15, -0.1) is 0 Å². The van der Waals surface area contributed by atoms with Gasteiger partial charge < -0.3 is 20.2 Å². The van der Waals surface area contributed by atoms with Gasteiger partial charge in [-0.2, -0.15) is 8.70 Å². The molecule has 3 heterocycles. The molecule has 0 aliphatic carbocycles. The van der Waals surface area contributed by atoms with Crippen LogP contribution in [0.2, 0.25) is 5.02 Å². The number of nitrogens with two attached hydrogens (primary N) is 1. The molecule has 0 spiro atoms. The number of morpholine rings is 1. The third-order valence-electron chi connectivity index (χ3n) is 6.00. The monoisotopic (exact) mass is 544 g/mol. The zero-order valence-corrected chi connectivity index (χ0v) is 20.9. The van der Waals surface area contributed by atoms with Crippen molar-refractivity contribution in [3.05, 3.63) is 77.5 Å². The summed E-state index contributed by atoms with van der Waals surface area (Å²) >= 11 is 6.10. The number of nitrogens with zero attached hydrogens (tertiary/aromatic N) is 2. The van der Waals surface area contributed by atoms with Gasteiger partial charge >= 0.3 is 0 Å². The molecule has 0 radical (unpaired) electrons. The van der Waals surface area contributed by atoms with Crippen LogP contribution in [0.15, 0.2) is 65.7 Å². The van der Waals surface area contributed by atoms with Crippen molar-refractivity contribution in [2.24, 2.45) is 5.73 Å². The van der Waals surface area contributed by atoms with E-state index in [4.69, 9.17) is 26.8 Å². The van der Waals surface area contributed by atoms with Crippen LogP contribution in [0.5, 0.6) is 5.75 Å². The maximum atomic E-state index is 14.1. The molecule has 3 N–H and O–H groups in total. The molecular formula is C25H22ClFN4O5S. The van der Waals surface area contributed by atoms with E-state index in [2.05, 4.69) is 9.97 Å². The Kier molecular flexibility index (Phi) is 6.86. The molecule has 4 aromatic rings. The number of carbonyl (C=O) groups is 1. The average Bonchev–Trinajstić information content (AvgIpc) is 3.28. The van der Waals surface area contributed by atoms with Crippen molar-refractivity contribution in [3.63, 3.8) is 0 Å². The van der Waals surface area contributed by atoms with E-state index >= 15 is 0 Å². The summed E-state index contributed by atoms with van der Waals surface area (Å²) in [6.07, 6.45) is 0.782. The summed E-state index contributed by atoms with van der Waals surface area (Å²) in [4.78, 5) is 18.3. The fourth-order valence-corrected chi connectivity index (χ4v) is 6.23. The number of aromatic amines is 1. The molecule has 1 saturated heterocycles. The minimum absolute atomic E-state index is 0.00923. The third-order valence-corrected chi connectivity index (χ3v) is 8.19. The maximum Gasteiger partial charge on any atom is 0.266 e. The van der Waals surface area contributed by atoms with Crippen LogP contribution < -0.4 is 10.5 Å². The van der Waals surface area contributed by atoms with Gasteiger partial charge in [-0.3, -0.25) is 4.79 Å². The Labute approximate surface area is 217 Å². The molecule has 1 aliphatic heterocycles. The van der Waals surface area contributed by atoms with Crippen molar-refractivity contribution >= 4 is 38.4 Å². The first-order valence-electron chi connectivity index (χ1n) is 11.3. The van der Waals surface area contributed by atoms with Gasteiger partial charge in [0.15, 0.2) is 0 Å². The Bertz CT molecular complexity index is 1590. The largest absolute Gasteiger partial charge is 0.491 e. The second kappa shape index (κ2) is 10.1. The average molecular weight is 545 g/mol. The number of sulfonamides is 1. The Balaban J connectivity index is 1.35. The van der Waals surface area contributed by atoms with Gasteiger partial charge in [0.2, 0.25) is 16.0 Å². The van der Waals surface area contributed by atoms with Crippen molar-refractivity contribution in [2.75, 3.05) is 26.3 Å². The van der Waals surface area contributed by atoms with E-state index < -0.39 is 28.0 Å². The van der Waals surface area contributed by atoms with Gasteiger partial charge in [0.05, 0.1) is 6.61 Å². The standard InChI is InChI=1S/C25H22ClFN4O5S/c26-16-6-7-21-20(12-16)23(22(30-21)25(28)32)37(33,34)31-9-10-35-18(13-31)14-36-17-4-1-3-15(11-17)19-5-2-8-29-24(19)27/h1-8,11-12,18,30H,9-10,13-14H2,(H2,28,32)/t18-/m0/s1. The number of benzene rings is 2. The number of amides is 1. The highest BCUT2D eigenvalue weighted by Gasteiger charge is 2.36. The topological polar surface area (TPSA) is 128 Å². The molecule has 0 bridgehead atoms. The van der Waals surface area contributed by atoms with Crippen molar-refractivity contribution in [2.45, 2.75) is 11.0 Å². The van der Waals surface area contributed by atoms with E-state index in [0.29, 0.717) is 27.4 Å². The number of nitrogens with one attached hydrogen (secondary N) is 1. The number of hydrogen-bond acceptors (Lipinski definition) is 6. The molecule has 5 rings (SSSR count). The van der Waals surface area contributed by atoms with Crippen LogP contribution in [0, 0.1) is 5.95 Å². The third kappa shape index (κ3) is 5.03. The molecule has 1 atom stereocenters. The highest BCUT2D eigenvalue weighted by molar-refractivity contribution is 7.89. The lowest BCUT2D eigenvalue weighted by atomic mass is 10.1. The van der Waals surface area contributed by atoms with Crippen molar-refractivity contribution in [1.29, 1.82) is 0 Å². The van der Waals surface area contributed by atoms with Crippen LogP contribution in [0.4, 0.5) is 4.39 Å². The summed E-state index contributed by atoms with van der Waals surface area (Å²) in [5, 5.41) is 0.598. The van der Waals surface area contributed by atoms with Crippen LogP contribution in [0.1, 0.15) is 10.5 Å². The molecule has 0 saturated carbocycles. The number of aromatic nitrogens is 2. The van der Waals surface area contributed by atoms with Gasteiger partial charge in [-0.05, 0) is 48.0 Å². The van der Waals surface area contributed by atoms with Crippen molar-refractivity contribution in [3.8, 4) is 16.9 Å². The van der Waals surface area contributed by atoms with Crippen LogP contribution in [-0.2, 0) is 14.8 Å². The number of halogens is 2. The number of H-pyrrole nitrogens is 1. The lowest BCUT2D eigenvalue weighted by molar-refractivity contribution is -0.0249. The number of carbonyl (C=O) groups excluding carboxylic acids is 1. The Hall–Kier alpha value is -3.51. The highest BCUT2D eigenvalue weighted by Crippen LogP contribution is 2.32. The van der Waals surface area contributed by atoms with E-state index in [9.17, 15) is 17.6 Å². The first kappa shape index (κ1) is 25.2. The van der Waals surface area contributed by atoms with Gasteiger partial charge in [0, 0.05) is 40.8 Å². The van der Waals surface area contributed by atoms with Crippen molar-refractivity contribution in [1.82, 2.24) is 14.3 Å². The molecule has 9 nitrogen and oxygen atoms in total. The Morgan fingerprint density at radius 3 is 2.86 bits per heavy atom. The predicted octanol–water partition coefficient (Wildman–Crippen LogP) is 3.59. The molecule has 1 aliphatic rings. The number of ether oxygens (including phenoxy) is 2. The molecule has 12 heteroatoms. The number of primary amides is 1. The molecular weight excluding hydrogens is 523 g/mol. The molecule has 0 unspecified atom stereocenters.